The minimum atomic E-state index is -3.60. The van der Waals surface area contributed by atoms with Crippen LogP contribution in [0.15, 0.2) is 53.4 Å². The lowest BCUT2D eigenvalue weighted by molar-refractivity contribution is -0.142. The second-order valence-corrected chi connectivity index (χ2v) is 7.59. The second kappa shape index (κ2) is 8.02. The van der Waals surface area contributed by atoms with Gasteiger partial charge in [-0.05, 0) is 31.2 Å². The highest BCUT2D eigenvalue weighted by Crippen LogP contribution is 2.13. The number of aryl methyl sites for hydroxylation is 1. The fourth-order valence-electron chi connectivity index (χ4n) is 2.04. The summed E-state index contributed by atoms with van der Waals surface area (Å²) < 4.78 is 42.1. The van der Waals surface area contributed by atoms with E-state index in [1.807, 2.05) is 6.92 Å². The Bertz CT molecular complexity index is 873. The molecule has 0 aliphatic carbocycles. The number of hydrogen-bond donors (Lipinski definition) is 0. The lowest BCUT2D eigenvalue weighted by Gasteiger charge is -2.06. The first kappa shape index (κ1) is 18.8. The first-order chi connectivity index (χ1) is 11.8. The van der Waals surface area contributed by atoms with Crippen molar-refractivity contribution < 1.29 is 27.1 Å². The van der Waals surface area contributed by atoms with E-state index in [2.05, 4.69) is 0 Å². The molecule has 7 heteroatoms. The number of rotatable bonds is 7. The van der Waals surface area contributed by atoms with Crippen molar-refractivity contribution in [2.75, 3.05) is 12.4 Å². The standard InChI is InChI=1S/C18H17FO5S/c1-13-5-7-16(8-6-13)25(22,23)10-9-18(21)24-12-17(20)14-3-2-4-15(19)11-14/h2-8,11H,9-10,12H2,1H3. The molecule has 0 aliphatic rings. The van der Waals surface area contributed by atoms with Crippen LogP contribution >= 0.6 is 0 Å². The van der Waals surface area contributed by atoms with E-state index in [-0.39, 0.29) is 16.9 Å². The van der Waals surface area contributed by atoms with Crippen LogP contribution in [0.4, 0.5) is 4.39 Å². The van der Waals surface area contributed by atoms with Crippen molar-refractivity contribution in [3.05, 3.63) is 65.5 Å². The molecule has 0 aliphatic heterocycles. The fourth-order valence-corrected chi connectivity index (χ4v) is 3.27. The van der Waals surface area contributed by atoms with Crippen molar-refractivity contribution >= 4 is 21.6 Å². The van der Waals surface area contributed by atoms with Crippen LogP contribution in [0.5, 0.6) is 0 Å². The highest BCUT2D eigenvalue weighted by molar-refractivity contribution is 7.91. The van der Waals surface area contributed by atoms with Crippen LogP contribution in [-0.2, 0) is 19.4 Å². The topological polar surface area (TPSA) is 77.5 Å². The summed E-state index contributed by atoms with van der Waals surface area (Å²) in [5.41, 5.74) is 1.01. The first-order valence-corrected chi connectivity index (χ1v) is 9.17. The van der Waals surface area contributed by atoms with Crippen molar-refractivity contribution in [3.8, 4) is 0 Å². The average molecular weight is 364 g/mol. The van der Waals surface area contributed by atoms with Gasteiger partial charge in [-0.2, -0.15) is 0 Å². The molecule has 0 bridgehead atoms. The SMILES string of the molecule is Cc1ccc(S(=O)(=O)CCC(=O)OCC(=O)c2cccc(F)c2)cc1. The molecule has 5 nitrogen and oxygen atoms in total. The molecule has 0 unspecified atom stereocenters. The lowest BCUT2D eigenvalue weighted by atomic mass is 10.1. The maximum Gasteiger partial charge on any atom is 0.307 e. The summed E-state index contributed by atoms with van der Waals surface area (Å²) in [6.45, 7) is 1.27. The van der Waals surface area contributed by atoms with Gasteiger partial charge >= 0.3 is 5.97 Å². The quantitative estimate of drug-likeness (QED) is 0.558. The average Bonchev–Trinajstić information content (AvgIpc) is 2.58. The molecule has 2 rings (SSSR count). The number of halogens is 1. The van der Waals surface area contributed by atoms with E-state index in [0.29, 0.717) is 0 Å². The van der Waals surface area contributed by atoms with Gasteiger partial charge in [-0.15, -0.1) is 0 Å². The highest BCUT2D eigenvalue weighted by Gasteiger charge is 2.18. The van der Waals surface area contributed by atoms with Crippen LogP contribution in [0.1, 0.15) is 22.3 Å². The van der Waals surface area contributed by atoms with Crippen molar-refractivity contribution in [3.63, 3.8) is 0 Å². The molecular weight excluding hydrogens is 347 g/mol. The molecule has 0 aromatic heterocycles. The third-order valence-electron chi connectivity index (χ3n) is 3.47. The summed E-state index contributed by atoms with van der Waals surface area (Å²) in [6.07, 6.45) is -0.368. The molecule has 2 aromatic rings. The monoisotopic (exact) mass is 364 g/mol. The summed E-state index contributed by atoms with van der Waals surface area (Å²) in [5.74, 6) is -2.35. The van der Waals surface area contributed by atoms with E-state index in [1.54, 1.807) is 12.1 Å². The summed E-state index contributed by atoms with van der Waals surface area (Å²) in [6, 6.07) is 11.3. The van der Waals surface area contributed by atoms with Gasteiger partial charge in [-0.1, -0.05) is 29.8 Å². The molecule has 2 aromatic carbocycles. The first-order valence-electron chi connectivity index (χ1n) is 7.52. The lowest BCUT2D eigenvalue weighted by Crippen LogP contribution is -2.17. The second-order valence-electron chi connectivity index (χ2n) is 5.48. The van der Waals surface area contributed by atoms with Gasteiger partial charge in [0.05, 0.1) is 17.1 Å². The van der Waals surface area contributed by atoms with Gasteiger partial charge in [0.15, 0.2) is 22.2 Å². The molecule has 0 heterocycles. The van der Waals surface area contributed by atoms with Crippen molar-refractivity contribution in [2.45, 2.75) is 18.2 Å². The number of hydrogen-bond acceptors (Lipinski definition) is 5. The Balaban J connectivity index is 1.86. The van der Waals surface area contributed by atoms with Crippen LogP contribution in [0.2, 0.25) is 0 Å². The van der Waals surface area contributed by atoms with E-state index in [4.69, 9.17) is 4.74 Å². The summed E-state index contributed by atoms with van der Waals surface area (Å²) >= 11 is 0. The number of sulfone groups is 1. The third-order valence-corrected chi connectivity index (χ3v) is 5.20. The minimum Gasteiger partial charge on any atom is -0.457 e. The minimum absolute atomic E-state index is 0.0834. The summed E-state index contributed by atoms with van der Waals surface area (Å²) in [7, 11) is -3.60. The van der Waals surface area contributed by atoms with E-state index in [9.17, 15) is 22.4 Å². The molecule has 0 spiro atoms. The molecular formula is C18H17FO5S. The molecule has 0 amide bonds. The molecule has 25 heavy (non-hydrogen) atoms. The van der Waals surface area contributed by atoms with Crippen LogP contribution in [0.25, 0.3) is 0 Å². The van der Waals surface area contributed by atoms with Crippen LogP contribution in [0, 0.1) is 12.7 Å². The van der Waals surface area contributed by atoms with Crippen molar-refractivity contribution in [1.29, 1.82) is 0 Å². The van der Waals surface area contributed by atoms with Gasteiger partial charge in [0.25, 0.3) is 0 Å². The Morgan fingerprint density at radius 2 is 1.76 bits per heavy atom. The number of ether oxygens (including phenoxy) is 1. The van der Waals surface area contributed by atoms with E-state index in [0.717, 1.165) is 11.6 Å². The summed E-state index contributed by atoms with van der Waals surface area (Å²) in [4.78, 5) is 23.6. The van der Waals surface area contributed by atoms with Crippen LogP contribution in [-0.4, -0.2) is 32.5 Å². The van der Waals surface area contributed by atoms with E-state index in [1.165, 1.54) is 30.3 Å². The Morgan fingerprint density at radius 1 is 1.08 bits per heavy atom. The fraction of sp³-hybridized carbons (Fsp3) is 0.222. The molecule has 0 N–H and O–H groups in total. The number of ketones is 1. The Labute approximate surface area is 145 Å². The van der Waals surface area contributed by atoms with Gasteiger partial charge in [-0.3, -0.25) is 9.59 Å². The van der Waals surface area contributed by atoms with Crippen LogP contribution in [0.3, 0.4) is 0 Å². The van der Waals surface area contributed by atoms with Crippen molar-refractivity contribution in [1.82, 2.24) is 0 Å². The normalized spacial score (nSPS) is 11.1. The number of benzene rings is 2. The Morgan fingerprint density at radius 3 is 2.40 bits per heavy atom. The zero-order valence-corrected chi connectivity index (χ0v) is 14.4. The number of Topliss-reactive ketones (excluding diaryl/α,β-unsaturated/α-hetero) is 1. The zero-order valence-electron chi connectivity index (χ0n) is 13.6. The molecule has 0 saturated heterocycles. The number of carbonyl (C=O) groups excluding carboxylic acids is 2. The van der Waals surface area contributed by atoms with Crippen molar-refractivity contribution in [2.24, 2.45) is 0 Å². The van der Waals surface area contributed by atoms with Gasteiger partial charge in [0.1, 0.15) is 5.82 Å². The predicted octanol–water partition coefficient (Wildman–Crippen LogP) is 2.72. The van der Waals surface area contributed by atoms with Gasteiger partial charge in [0.2, 0.25) is 0 Å². The molecule has 0 saturated carbocycles. The van der Waals surface area contributed by atoms with E-state index < -0.39 is 39.8 Å². The van der Waals surface area contributed by atoms with Gasteiger partial charge in [-0.25, -0.2) is 12.8 Å². The smallest absolute Gasteiger partial charge is 0.307 e. The molecule has 132 valence electrons. The highest BCUT2D eigenvalue weighted by atomic mass is 32.2. The zero-order chi connectivity index (χ0) is 18.4. The van der Waals surface area contributed by atoms with E-state index >= 15 is 0 Å². The largest absolute Gasteiger partial charge is 0.457 e. The molecule has 0 atom stereocenters. The summed E-state index contributed by atoms with van der Waals surface area (Å²) in [5, 5.41) is 0. The van der Waals surface area contributed by atoms with Gasteiger partial charge in [0, 0.05) is 5.56 Å². The number of carbonyl (C=O) groups is 2. The van der Waals surface area contributed by atoms with Crippen LogP contribution < -0.4 is 0 Å². The van der Waals surface area contributed by atoms with Gasteiger partial charge < -0.3 is 4.74 Å². The predicted molar refractivity (Wildman–Crippen MR) is 89.5 cm³/mol. The molecule has 0 radical (unpaired) electrons. The molecule has 0 fully saturated rings. The maximum atomic E-state index is 13.0. The Hall–Kier alpha value is -2.54. The maximum absolute atomic E-state index is 13.0. The third kappa shape index (κ3) is 5.49. The Kier molecular flexibility index (Phi) is 6.03. The number of esters is 1.